The summed E-state index contributed by atoms with van der Waals surface area (Å²) >= 11 is 12.0. The van der Waals surface area contributed by atoms with Crippen LogP contribution in [0.25, 0.3) is 0 Å². The Hall–Kier alpha value is -1.30. The maximum Gasteiger partial charge on any atom is 0.239 e. The van der Waals surface area contributed by atoms with Crippen LogP contribution in [0, 0.1) is 5.92 Å². The van der Waals surface area contributed by atoms with Crippen LogP contribution in [-0.4, -0.2) is 49.6 Å². The van der Waals surface area contributed by atoms with Gasteiger partial charge in [0.1, 0.15) is 5.92 Å². The number of ether oxygens (including phenoxy) is 1. The lowest BCUT2D eigenvalue weighted by molar-refractivity contribution is -0.143. The topological polar surface area (TPSA) is 49.9 Å². The molecule has 2 aliphatic heterocycles. The smallest absolute Gasteiger partial charge is 0.239 e. The second-order valence-electron chi connectivity index (χ2n) is 5.36. The lowest BCUT2D eigenvalue weighted by Crippen LogP contribution is -2.45. The van der Waals surface area contributed by atoms with Crippen LogP contribution in [0.4, 0.5) is 5.69 Å². The Kier molecular flexibility index (Phi) is 4.57. The number of halogens is 2. The first kappa shape index (κ1) is 15.6. The summed E-state index contributed by atoms with van der Waals surface area (Å²) in [6.45, 7) is 2.63. The van der Waals surface area contributed by atoms with Gasteiger partial charge < -0.3 is 14.5 Å². The summed E-state index contributed by atoms with van der Waals surface area (Å²) in [6, 6.07) is 5.00. The maximum absolute atomic E-state index is 12.6. The first-order valence-electron chi connectivity index (χ1n) is 7.21. The Morgan fingerprint density at radius 1 is 1.18 bits per heavy atom. The average Bonchev–Trinajstić information content (AvgIpc) is 2.89. The van der Waals surface area contributed by atoms with Crippen LogP contribution in [-0.2, 0) is 14.3 Å². The van der Waals surface area contributed by atoms with E-state index in [-0.39, 0.29) is 11.8 Å². The summed E-state index contributed by atoms with van der Waals surface area (Å²) < 4.78 is 5.24. The summed E-state index contributed by atoms with van der Waals surface area (Å²) in [7, 11) is 0. The molecule has 0 bridgehead atoms. The zero-order valence-electron chi connectivity index (χ0n) is 11.9. The molecule has 2 aliphatic rings. The van der Waals surface area contributed by atoms with Crippen LogP contribution in [0.5, 0.6) is 0 Å². The summed E-state index contributed by atoms with van der Waals surface area (Å²) in [5.74, 6) is -0.925. The molecule has 2 heterocycles. The fourth-order valence-electron chi connectivity index (χ4n) is 2.85. The lowest BCUT2D eigenvalue weighted by atomic mass is 10.1. The molecule has 0 saturated carbocycles. The highest BCUT2D eigenvalue weighted by Gasteiger charge is 2.40. The summed E-state index contributed by atoms with van der Waals surface area (Å²) in [4.78, 5) is 28.4. The Morgan fingerprint density at radius 3 is 2.59 bits per heavy atom. The zero-order valence-corrected chi connectivity index (χ0v) is 13.4. The van der Waals surface area contributed by atoms with Crippen LogP contribution in [0.2, 0.25) is 10.0 Å². The SMILES string of the molecule is O=C([C@H]1CCN(c2ccc(Cl)cc2Cl)C1=O)N1CCOCC1. The highest BCUT2D eigenvalue weighted by Crippen LogP contribution is 2.33. The van der Waals surface area contributed by atoms with Gasteiger partial charge in [0.25, 0.3) is 0 Å². The first-order chi connectivity index (χ1) is 10.6. The van der Waals surface area contributed by atoms with Crippen molar-refractivity contribution < 1.29 is 14.3 Å². The number of nitrogens with zero attached hydrogens (tertiary/aromatic N) is 2. The predicted molar refractivity (Wildman–Crippen MR) is 84.3 cm³/mol. The third kappa shape index (κ3) is 2.93. The molecule has 3 rings (SSSR count). The number of rotatable bonds is 2. The zero-order chi connectivity index (χ0) is 15.7. The van der Waals surface area contributed by atoms with Gasteiger partial charge in [0, 0.05) is 24.7 Å². The Balaban J connectivity index is 1.75. The van der Waals surface area contributed by atoms with Gasteiger partial charge in [0.05, 0.1) is 23.9 Å². The molecule has 0 unspecified atom stereocenters. The number of carbonyl (C=O) groups excluding carboxylic acids is 2. The van der Waals surface area contributed by atoms with E-state index in [1.165, 1.54) is 0 Å². The maximum atomic E-state index is 12.6. The Bertz CT molecular complexity index is 602. The van der Waals surface area contributed by atoms with Crippen molar-refractivity contribution >= 4 is 40.7 Å². The van der Waals surface area contributed by atoms with Crippen molar-refractivity contribution in [1.82, 2.24) is 4.90 Å². The van der Waals surface area contributed by atoms with Gasteiger partial charge >= 0.3 is 0 Å². The quantitative estimate of drug-likeness (QED) is 0.774. The van der Waals surface area contributed by atoms with E-state index in [1.54, 1.807) is 28.0 Å². The van der Waals surface area contributed by atoms with Gasteiger partial charge in [-0.3, -0.25) is 9.59 Å². The van der Waals surface area contributed by atoms with E-state index in [2.05, 4.69) is 0 Å². The normalized spacial score (nSPS) is 22.3. The fraction of sp³-hybridized carbons (Fsp3) is 0.467. The van der Waals surface area contributed by atoms with E-state index in [9.17, 15) is 9.59 Å². The number of hydrogen-bond donors (Lipinski definition) is 0. The van der Waals surface area contributed by atoms with E-state index in [1.807, 2.05) is 0 Å². The van der Waals surface area contributed by atoms with Crippen LogP contribution in [0.1, 0.15) is 6.42 Å². The Labute approximate surface area is 138 Å². The monoisotopic (exact) mass is 342 g/mol. The van der Waals surface area contributed by atoms with Gasteiger partial charge in [-0.15, -0.1) is 0 Å². The molecule has 1 aromatic carbocycles. The second kappa shape index (κ2) is 6.44. The third-order valence-corrected chi connectivity index (χ3v) is 4.56. The van der Waals surface area contributed by atoms with Crippen molar-refractivity contribution in [3.05, 3.63) is 28.2 Å². The van der Waals surface area contributed by atoms with Crippen molar-refractivity contribution in [3.63, 3.8) is 0 Å². The number of morpholine rings is 1. The standard InChI is InChI=1S/C15H16Cl2N2O3/c16-10-1-2-13(12(17)9-10)19-4-3-11(15(19)21)14(20)18-5-7-22-8-6-18/h1-2,9,11H,3-8H2/t11-/m1/s1. The molecule has 1 atom stereocenters. The van der Waals surface area contributed by atoms with E-state index >= 15 is 0 Å². The number of anilines is 1. The molecule has 1 aromatic rings. The van der Waals surface area contributed by atoms with Gasteiger partial charge in [-0.1, -0.05) is 23.2 Å². The molecule has 0 radical (unpaired) electrons. The van der Waals surface area contributed by atoms with Crippen molar-refractivity contribution in [3.8, 4) is 0 Å². The molecule has 5 nitrogen and oxygen atoms in total. The number of benzene rings is 1. The van der Waals surface area contributed by atoms with Gasteiger partial charge in [0.15, 0.2) is 0 Å². The minimum absolute atomic E-state index is 0.110. The lowest BCUT2D eigenvalue weighted by Gasteiger charge is -2.28. The number of carbonyl (C=O) groups is 2. The molecule has 0 aliphatic carbocycles. The van der Waals surface area contributed by atoms with Crippen LogP contribution < -0.4 is 4.90 Å². The molecule has 2 saturated heterocycles. The van der Waals surface area contributed by atoms with E-state index in [0.717, 1.165) is 0 Å². The molecule has 118 valence electrons. The summed E-state index contributed by atoms with van der Waals surface area (Å²) in [6.07, 6.45) is 0.508. The fourth-order valence-corrected chi connectivity index (χ4v) is 3.36. The van der Waals surface area contributed by atoms with Crippen LogP contribution >= 0.6 is 23.2 Å². The van der Waals surface area contributed by atoms with Gasteiger partial charge in [-0.25, -0.2) is 0 Å². The molecule has 22 heavy (non-hydrogen) atoms. The van der Waals surface area contributed by atoms with Gasteiger partial charge in [-0.2, -0.15) is 0 Å². The van der Waals surface area contributed by atoms with E-state index in [0.29, 0.717) is 55.0 Å². The van der Waals surface area contributed by atoms with E-state index < -0.39 is 5.92 Å². The van der Waals surface area contributed by atoms with Gasteiger partial charge in [0.2, 0.25) is 11.8 Å². The molecule has 2 amide bonds. The Morgan fingerprint density at radius 2 is 1.91 bits per heavy atom. The molecule has 7 heteroatoms. The van der Waals surface area contributed by atoms with Crippen molar-refractivity contribution in [2.45, 2.75) is 6.42 Å². The molecule has 0 spiro atoms. The van der Waals surface area contributed by atoms with Gasteiger partial charge in [-0.05, 0) is 24.6 Å². The first-order valence-corrected chi connectivity index (χ1v) is 7.96. The number of amides is 2. The van der Waals surface area contributed by atoms with Crippen molar-refractivity contribution in [2.75, 3.05) is 37.7 Å². The minimum Gasteiger partial charge on any atom is -0.378 e. The second-order valence-corrected chi connectivity index (χ2v) is 6.21. The number of hydrogen-bond acceptors (Lipinski definition) is 3. The molecular weight excluding hydrogens is 327 g/mol. The predicted octanol–water partition coefficient (Wildman–Crippen LogP) is 2.21. The highest BCUT2D eigenvalue weighted by molar-refractivity contribution is 6.37. The molecular formula is C15H16Cl2N2O3. The highest BCUT2D eigenvalue weighted by atomic mass is 35.5. The van der Waals surface area contributed by atoms with Crippen LogP contribution in [0.15, 0.2) is 18.2 Å². The van der Waals surface area contributed by atoms with Crippen molar-refractivity contribution in [1.29, 1.82) is 0 Å². The average molecular weight is 343 g/mol. The third-order valence-electron chi connectivity index (χ3n) is 4.03. The van der Waals surface area contributed by atoms with Crippen LogP contribution in [0.3, 0.4) is 0 Å². The summed E-state index contributed by atoms with van der Waals surface area (Å²) in [5.41, 5.74) is 0.605. The summed E-state index contributed by atoms with van der Waals surface area (Å²) in [5, 5.41) is 0.932. The molecule has 0 N–H and O–H groups in total. The molecule has 0 aromatic heterocycles. The largest absolute Gasteiger partial charge is 0.378 e. The molecule has 2 fully saturated rings. The minimum atomic E-state index is -0.621. The van der Waals surface area contributed by atoms with Crippen molar-refractivity contribution in [2.24, 2.45) is 5.92 Å². The van der Waals surface area contributed by atoms with E-state index in [4.69, 9.17) is 27.9 Å².